The fourth-order valence-electron chi connectivity index (χ4n) is 3.12. The molecule has 1 aliphatic heterocycles. The van der Waals surface area contributed by atoms with Gasteiger partial charge in [0.1, 0.15) is 5.75 Å². The molecule has 0 bridgehead atoms. The average molecular weight is 388 g/mol. The molecule has 5 nitrogen and oxygen atoms in total. The van der Waals surface area contributed by atoms with E-state index in [1.54, 1.807) is 17.0 Å². The molecule has 1 heterocycles. The van der Waals surface area contributed by atoms with Crippen molar-refractivity contribution < 1.29 is 23.1 Å². The standard InChI is InChI=1S/C21H22F2N2O3/c22-18-7-6-16(12-19(18)23)21(27)24-13-15-8-10-25(11-9-15)20(26)14-28-17-4-2-1-3-5-17/h1-7,12,15H,8-11,13-14H2,(H,24,27). The van der Waals surface area contributed by atoms with Crippen LogP contribution in [-0.2, 0) is 4.79 Å². The van der Waals surface area contributed by atoms with E-state index in [0.717, 1.165) is 25.0 Å². The SMILES string of the molecule is O=C(NCC1CCN(C(=O)COc2ccccc2)CC1)c1ccc(F)c(F)c1. The highest BCUT2D eigenvalue weighted by Gasteiger charge is 2.23. The second kappa shape index (κ2) is 9.30. The molecule has 1 aliphatic rings. The second-order valence-electron chi connectivity index (χ2n) is 6.76. The average Bonchev–Trinajstić information content (AvgIpc) is 2.73. The minimum atomic E-state index is -1.04. The summed E-state index contributed by atoms with van der Waals surface area (Å²) in [6.07, 6.45) is 1.52. The summed E-state index contributed by atoms with van der Waals surface area (Å²) >= 11 is 0. The number of carbonyl (C=O) groups is 2. The zero-order valence-corrected chi connectivity index (χ0v) is 15.4. The zero-order chi connectivity index (χ0) is 19.9. The summed E-state index contributed by atoms with van der Waals surface area (Å²) in [6.45, 7) is 1.63. The topological polar surface area (TPSA) is 58.6 Å². The van der Waals surface area contributed by atoms with Crippen LogP contribution in [0.4, 0.5) is 8.78 Å². The molecule has 1 saturated heterocycles. The molecule has 1 fully saturated rings. The number of amides is 2. The number of ether oxygens (including phenoxy) is 1. The maximum Gasteiger partial charge on any atom is 0.260 e. The predicted octanol–water partition coefficient (Wildman–Crippen LogP) is 3.01. The minimum absolute atomic E-state index is 0.00153. The third kappa shape index (κ3) is 5.28. The fourth-order valence-corrected chi connectivity index (χ4v) is 3.12. The van der Waals surface area contributed by atoms with E-state index in [2.05, 4.69) is 5.32 Å². The highest BCUT2D eigenvalue weighted by atomic mass is 19.2. The van der Waals surface area contributed by atoms with Gasteiger partial charge in [0.15, 0.2) is 18.2 Å². The Hall–Kier alpha value is -2.96. The van der Waals surface area contributed by atoms with Crippen LogP contribution in [-0.4, -0.2) is 43.0 Å². The van der Waals surface area contributed by atoms with E-state index in [0.29, 0.717) is 25.4 Å². The minimum Gasteiger partial charge on any atom is -0.484 e. The summed E-state index contributed by atoms with van der Waals surface area (Å²) in [7, 11) is 0. The molecule has 7 heteroatoms. The molecule has 0 aromatic heterocycles. The monoisotopic (exact) mass is 388 g/mol. The number of nitrogens with zero attached hydrogens (tertiary/aromatic N) is 1. The Kier molecular flexibility index (Phi) is 6.57. The maximum atomic E-state index is 13.2. The lowest BCUT2D eigenvalue weighted by molar-refractivity contribution is -0.134. The molecule has 0 saturated carbocycles. The molecular formula is C21H22F2N2O3. The first kappa shape index (κ1) is 19.8. The first-order chi connectivity index (χ1) is 13.5. The van der Waals surface area contributed by atoms with Crippen LogP contribution in [0.5, 0.6) is 5.75 Å². The van der Waals surface area contributed by atoms with Crippen molar-refractivity contribution in [3.8, 4) is 5.75 Å². The molecular weight excluding hydrogens is 366 g/mol. The number of hydrogen-bond donors (Lipinski definition) is 1. The van der Waals surface area contributed by atoms with Crippen molar-refractivity contribution in [1.82, 2.24) is 10.2 Å². The maximum absolute atomic E-state index is 13.2. The zero-order valence-electron chi connectivity index (χ0n) is 15.4. The van der Waals surface area contributed by atoms with Crippen LogP contribution in [0.25, 0.3) is 0 Å². The summed E-state index contributed by atoms with van der Waals surface area (Å²) in [5.41, 5.74) is 0.0876. The van der Waals surface area contributed by atoms with Crippen LogP contribution < -0.4 is 10.1 Å². The Morgan fingerprint density at radius 1 is 1.04 bits per heavy atom. The van der Waals surface area contributed by atoms with Crippen molar-refractivity contribution in [3.05, 3.63) is 65.7 Å². The van der Waals surface area contributed by atoms with E-state index in [1.165, 1.54) is 6.07 Å². The molecule has 28 heavy (non-hydrogen) atoms. The van der Waals surface area contributed by atoms with Crippen molar-refractivity contribution >= 4 is 11.8 Å². The summed E-state index contributed by atoms with van der Waals surface area (Å²) in [5.74, 6) is -1.64. The lowest BCUT2D eigenvalue weighted by atomic mass is 9.96. The quantitative estimate of drug-likeness (QED) is 0.828. The van der Waals surface area contributed by atoms with Crippen molar-refractivity contribution in [3.63, 3.8) is 0 Å². The number of benzene rings is 2. The molecule has 1 N–H and O–H groups in total. The van der Waals surface area contributed by atoms with E-state index < -0.39 is 17.5 Å². The Labute approximate surface area is 162 Å². The summed E-state index contributed by atoms with van der Waals surface area (Å²) in [6, 6.07) is 12.3. The fraction of sp³-hybridized carbons (Fsp3) is 0.333. The van der Waals surface area contributed by atoms with E-state index >= 15 is 0 Å². The van der Waals surface area contributed by atoms with Gasteiger partial charge in [-0.05, 0) is 49.1 Å². The van der Waals surface area contributed by atoms with Crippen LogP contribution in [0.2, 0.25) is 0 Å². The van der Waals surface area contributed by atoms with Crippen LogP contribution in [0.1, 0.15) is 23.2 Å². The van der Waals surface area contributed by atoms with Crippen molar-refractivity contribution in [2.45, 2.75) is 12.8 Å². The number of hydrogen-bond acceptors (Lipinski definition) is 3. The third-order valence-corrected chi connectivity index (χ3v) is 4.81. The third-order valence-electron chi connectivity index (χ3n) is 4.81. The van der Waals surface area contributed by atoms with Gasteiger partial charge in [-0.3, -0.25) is 9.59 Å². The van der Waals surface area contributed by atoms with Gasteiger partial charge in [0, 0.05) is 25.2 Å². The van der Waals surface area contributed by atoms with Crippen molar-refractivity contribution in [2.24, 2.45) is 5.92 Å². The normalized spacial score (nSPS) is 14.6. The Morgan fingerprint density at radius 2 is 1.75 bits per heavy atom. The van der Waals surface area contributed by atoms with E-state index in [-0.39, 0.29) is 24.0 Å². The number of likely N-dealkylation sites (tertiary alicyclic amines) is 1. The summed E-state index contributed by atoms with van der Waals surface area (Å²) < 4.78 is 31.7. The molecule has 0 atom stereocenters. The molecule has 0 spiro atoms. The molecule has 0 radical (unpaired) electrons. The van der Waals surface area contributed by atoms with Gasteiger partial charge in [0.2, 0.25) is 0 Å². The van der Waals surface area contributed by atoms with Gasteiger partial charge in [0.05, 0.1) is 0 Å². The van der Waals surface area contributed by atoms with Gasteiger partial charge >= 0.3 is 0 Å². The van der Waals surface area contributed by atoms with Gasteiger partial charge < -0.3 is 15.0 Å². The number of rotatable bonds is 6. The van der Waals surface area contributed by atoms with Gasteiger partial charge in [-0.1, -0.05) is 18.2 Å². The van der Waals surface area contributed by atoms with Crippen LogP contribution in [0.15, 0.2) is 48.5 Å². The lowest BCUT2D eigenvalue weighted by Gasteiger charge is -2.32. The van der Waals surface area contributed by atoms with Crippen LogP contribution in [0.3, 0.4) is 0 Å². The van der Waals surface area contributed by atoms with E-state index in [4.69, 9.17) is 4.74 Å². The molecule has 2 aromatic carbocycles. The van der Waals surface area contributed by atoms with E-state index in [9.17, 15) is 18.4 Å². The second-order valence-corrected chi connectivity index (χ2v) is 6.76. The van der Waals surface area contributed by atoms with Gasteiger partial charge in [-0.15, -0.1) is 0 Å². The number of para-hydroxylation sites is 1. The van der Waals surface area contributed by atoms with E-state index in [1.807, 2.05) is 18.2 Å². The van der Waals surface area contributed by atoms with Crippen molar-refractivity contribution in [2.75, 3.05) is 26.2 Å². The molecule has 3 rings (SSSR count). The van der Waals surface area contributed by atoms with Crippen LogP contribution >= 0.6 is 0 Å². The molecule has 2 amide bonds. The Balaban J connectivity index is 1.39. The molecule has 148 valence electrons. The number of carbonyl (C=O) groups excluding carboxylic acids is 2. The predicted molar refractivity (Wildman–Crippen MR) is 99.9 cm³/mol. The van der Waals surface area contributed by atoms with Crippen LogP contribution in [0, 0.1) is 17.6 Å². The van der Waals surface area contributed by atoms with Gasteiger partial charge in [-0.2, -0.15) is 0 Å². The molecule has 0 aliphatic carbocycles. The smallest absolute Gasteiger partial charge is 0.260 e. The highest BCUT2D eigenvalue weighted by molar-refractivity contribution is 5.94. The summed E-state index contributed by atoms with van der Waals surface area (Å²) in [5, 5.41) is 2.75. The Morgan fingerprint density at radius 3 is 2.43 bits per heavy atom. The van der Waals surface area contributed by atoms with Gasteiger partial charge in [-0.25, -0.2) is 8.78 Å². The van der Waals surface area contributed by atoms with Crippen molar-refractivity contribution in [1.29, 1.82) is 0 Å². The number of nitrogens with one attached hydrogen (secondary N) is 1. The first-order valence-electron chi connectivity index (χ1n) is 9.22. The molecule has 2 aromatic rings. The largest absolute Gasteiger partial charge is 0.484 e. The first-order valence-corrected chi connectivity index (χ1v) is 9.22. The summed E-state index contributed by atoms with van der Waals surface area (Å²) in [4.78, 5) is 26.1. The highest BCUT2D eigenvalue weighted by Crippen LogP contribution is 2.17. The number of halogens is 2. The van der Waals surface area contributed by atoms with Gasteiger partial charge in [0.25, 0.3) is 11.8 Å². The molecule has 0 unspecified atom stereocenters. The Bertz CT molecular complexity index is 822. The lowest BCUT2D eigenvalue weighted by Crippen LogP contribution is -2.43. The number of piperidine rings is 1.